The third-order valence-corrected chi connectivity index (χ3v) is 5.05. The second kappa shape index (κ2) is 11.2. The van der Waals surface area contributed by atoms with E-state index in [1.807, 2.05) is 17.8 Å². The molecule has 5 nitrogen and oxygen atoms in total. The standard InChI is InChI=1S/C18H18ClNS.CH4N2O2.ClH/c1-20(2)11-5-7-14-15-6-3-4-8-17(15)21-18-10-9-13(19)12-16(14)18;2-1(4)3-5;/h3-4,6-10,12H,5,11H2,1-2H3;5H,(H3,2,3,4);1H. The molecule has 2 amide bonds. The minimum Gasteiger partial charge on any atom is -0.350 e. The molecule has 0 aliphatic carbocycles. The average Bonchev–Trinajstić information content (AvgIpc) is 2.61. The van der Waals surface area contributed by atoms with Crippen LogP contribution < -0.4 is 11.2 Å². The Bertz CT molecular complexity index is 813. The van der Waals surface area contributed by atoms with Crippen LogP contribution in [0.2, 0.25) is 5.02 Å². The molecule has 0 bridgehead atoms. The highest BCUT2D eigenvalue weighted by molar-refractivity contribution is 7.99. The van der Waals surface area contributed by atoms with E-state index >= 15 is 0 Å². The molecule has 0 atom stereocenters. The zero-order valence-electron chi connectivity index (χ0n) is 15.1. The summed E-state index contributed by atoms with van der Waals surface area (Å²) in [7, 11) is 4.21. The van der Waals surface area contributed by atoms with Gasteiger partial charge in [-0.25, -0.2) is 10.3 Å². The zero-order chi connectivity index (χ0) is 19.1. The monoisotopic (exact) mass is 427 g/mol. The van der Waals surface area contributed by atoms with Gasteiger partial charge in [0.05, 0.1) is 0 Å². The van der Waals surface area contributed by atoms with Gasteiger partial charge in [0, 0.05) is 21.4 Å². The molecule has 0 fully saturated rings. The lowest BCUT2D eigenvalue weighted by Gasteiger charge is -2.22. The fourth-order valence-corrected chi connectivity index (χ4v) is 3.79. The number of carbonyl (C=O) groups is 1. The van der Waals surface area contributed by atoms with Gasteiger partial charge in [-0.3, -0.25) is 5.21 Å². The number of primary amides is 1. The normalized spacial score (nSPS) is 13.0. The topological polar surface area (TPSA) is 78.6 Å². The van der Waals surface area contributed by atoms with Gasteiger partial charge in [0.2, 0.25) is 0 Å². The number of hydrogen-bond donors (Lipinski definition) is 3. The largest absolute Gasteiger partial charge is 0.350 e. The number of nitrogens with zero attached hydrogens (tertiary/aromatic N) is 1. The van der Waals surface area contributed by atoms with E-state index in [1.165, 1.54) is 32.0 Å². The second-order valence-corrected chi connectivity index (χ2v) is 7.44. The van der Waals surface area contributed by atoms with Crippen LogP contribution >= 0.6 is 35.8 Å². The quantitative estimate of drug-likeness (QED) is 0.419. The van der Waals surface area contributed by atoms with Crippen molar-refractivity contribution in [1.29, 1.82) is 0 Å². The number of fused-ring (bicyclic) bond motifs is 2. The average molecular weight is 428 g/mol. The Hall–Kier alpha value is -1.70. The predicted octanol–water partition coefficient (Wildman–Crippen LogP) is 4.65. The Kier molecular flexibility index (Phi) is 9.69. The number of carbonyl (C=O) groups excluding carboxylic acids is 1. The van der Waals surface area contributed by atoms with Crippen molar-refractivity contribution in [2.75, 3.05) is 20.6 Å². The third kappa shape index (κ3) is 6.75. The van der Waals surface area contributed by atoms with Crippen LogP contribution in [0.25, 0.3) is 5.57 Å². The van der Waals surface area contributed by atoms with E-state index in [0.29, 0.717) is 0 Å². The van der Waals surface area contributed by atoms with Crippen molar-refractivity contribution in [3.05, 3.63) is 64.7 Å². The molecule has 4 N–H and O–H groups in total. The van der Waals surface area contributed by atoms with Crippen molar-refractivity contribution >= 4 is 47.4 Å². The van der Waals surface area contributed by atoms with Gasteiger partial charge in [0.1, 0.15) is 0 Å². The highest BCUT2D eigenvalue weighted by Gasteiger charge is 2.20. The zero-order valence-corrected chi connectivity index (χ0v) is 17.5. The van der Waals surface area contributed by atoms with Gasteiger partial charge in [-0.2, -0.15) is 0 Å². The number of nitrogens with two attached hydrogens (primary N) is 1. The Labute approximate surface area is 174 Å². The molecular weight excluding hydrogens is 405 g/mol. The number of benzene rings is 2. The molecule has 2 aromatic rings. The first-order valence-corrected chi connectivity index (χ1v) is 9.23. The molecule has 0 unspecified atom stereocenters. The van der Waals surface area contributed by atoms with Crippen LogP contribution in [0.3, 0.4) is 0 Å². The van der Waals surface area contributed by atoms with Crippen LogP contribution in [0, 0.1) is 0 Å². The van der Waals surface area contributed by atoms with Crippen LogP contribution in [0.1, 0.15) is 17.5 Å². The van der Waals surface area contributed by atoms with Gasteiger partial charge in [-0.15, -0.1) is 12.4 Å². The molecule has 0 radical (unpaired) electrons. The summed E-state index contributed by atoms with van der Waals surface area (Å²) < 4.78 is 0. The van der Waals surface area contributed by atoms with Gasteiger partial charge < -0.3 is 10.6 Å². The molecule has 1 heterocycles. The Morgan fingerprint density at radius 2 is 1.85 bits per heavy atom. The van der Waals surface area contributed by atoms with Gasteiger partial charge in [0.15, 0.2) is 0 Å². The van der Waals surface area contributed by atoms with Crippen molar-refractivity contribution in [3.8, 4) is 0 Å². The fraction of sp³-hybridized carbons (Fsp3) is 0.211. The van der Waals surface area contributed by atoms with Crippen molar-refractivity contribution in [3.63, 3.8) is 0 Å². The van der Waals surface area contributed by atoms with Crippen LogP contribution in [0.15, 0.2) is 58.3 Å². The van der Waals surface area contributed by atoms with E-state index in [4.69, 9.17) is 16.8 Å². The van der Waals surface area contributed by atoms with Gasteiger partial charge >= 0.3 is 6.03 Å². The lowest BCUT2D eigenvalue weighted by molar-refractivity contribution is 0.169. The van der Waals surface area contributed by atoms with Crippen LogP contribution in [0.4, 0.5) is 4.79 Å². The number of hydroxylamine groups is 1. The summed E-state index contributed by atoms with van der Waals surface area (Å²) in [5.74, 6) is 0. The van der Waals surface area contributed by atoms with Crippen molar-refractivity contribution in [2.24, 2.45) is 5.73 Å². The summed E-state index contributed by atoms with van der Waals surface area (Å²) in [6, 6.07) is 13.8. The van der Waals surface area contributed by atoms with Gasteiger partial charge in [-0.1, -0.05) is 47.6 Å². The smallest absolute Gasteiger partial charge is 0.335 e. The molecule has 1 aliphatic heterocycles. The summed E-state index contributed by atoms with van der Waals surface area (Å²) in [6.45, 7) is 1.05. The second-order valence-electron chi connectivity index (χ2n) is 5.92. The summed E-state index contributed by atoms with van der Waals surface area (Å²) in [5, 5.41) is 8.22. The maximum absolute atomic E-state index is 9.23. The minimum atomic E-state index is -0.940. The van der Waals surface area contributed by atoms with Gasteiger partial charge in [0.25, 0.3) is 0 Å². The number of hydrogen-bond acceptors (Lipinski definition) is 4. The van der Waals surface area contributed by atoms with Crippen LogP contribution in [-0.2, 0) is 0 Å². The fourth-order valence-electron chi connectivity index (χ4n) is 2.53. The number of halogens is 2. The lowest BCUT2D eigenvalue weighted by Crippen LogP contribution is -2.25. The summed E-state index contributed by atoms with van der Waals surface area (Å²) in [6.07, 6.45) is 3.38. The molecule has 146 valence electrons. The Morgan fingerprint density at radius 1 is 1.22 bits per heavy atom. The van der Waals surface area contributed by atoms with E-state index < -0.39 is 6.03 Å². The van der Waals surface area contributed by atoms with Crippen LogP contribution in [0.5, 0.6) is 0 Å². The van der Waals surface area contributed by atoms with Crippen molar-refractivity contribution in [2.45, 2.75) is 16.2 Å². The Morgan fingerprint density at radius 3 is 2.48 bits per heavy atom. The number of rotatable bonds is 3. The van der Waals surface area contributed by atoms with E-state index in [0.717, 1.165) is 18.0 Å². The third-order valence-electron chi connectivity index (χ3n) is 3.66. The molecule has 2 aromatic carbocycles. The molecule has 0 saturated heterocycles. The van der Waals surface area contributed by atoms with Crippen LogP contribution in [-0.4, -0.2) is 36.8 Å². The number of amides is 2. The summed E-state index contributed by atoms with van der Waals surface area (Å²) in [4.78, 5) is 14.0. The molecule has 27 heavy (non-hydrogen) atoms. The molecule has 8 heteroatoms. The lowest BCUT2D eigenvalue weighted by atomic mass is 9.96. The Balaban J connectivity index is 0.000000542. The van der Waals surface area contributed by atoms with E-state index in [-0.39, 0.29) is 12.4 Å². The first-order chi connectivity index (χ1) is 12.4. The highest BCUT2D eigenvalue weighted by Crippen LogP contribution is 2.46. The van der Waals surface area contributed by atoms with Crippen molar-refractivity contribution < 1.29 is 10.0 Å². The SMILES string of the molecule is CN(C)CCC=C1c2ccccc2Sc2ccc(Cl)cc21.Cl.NC(=O)NO. The molecule has 1 aliphatic rings. The number of urea groups is 1. The molecule has 3 rings (SSSR count). The molecule has 0 aromatic heterocycles. The molecule has 0 spiro atoms. The molecular formula is C19H23Cl2N3O2S. The first-order valence-electron chi connectivity index (χ1n) is 8.04. The maximum atomic E-state index is 9.23. The highest BCUT2D eigenvalue weighted by atomic mass is 35.5. The maximum Gasteiger partial charge on any atom is 0.335 e. The van der Waals surface area contributed by atoms with Crippen molar-refractivity contribution in [1.82, 2.24) is 10.4 Å². The van der Waals surface area contributed by atoms with Gasteiger partial charge in [-0.05, 0) is 61.5 Å². The van der Waals surface area contributed by atoms with E-state index in [2.05, 4.69) is 67.2 Å². The molecule has 0 saturated carbocycles. The van der Waals surface area contributed by atoms with E-state index in [1.54, 1.807) is 0 Å². The van der Waals surface area contributed by atoms with E-state index in [9.17, 15) is 4.79 Å². The predicted molar refractivity (Wildman–Crippen MR) is 114 cm³/mol. The minimum absolute atomic E-state index is 0. The summed E-state index contributed by atoms with van der Waals surface area (Å²) >= 11 is 8.03. The number of nitrogens with one attached hydrogen (secondary N) is 1. The first kappa shape index (κ1) is 23.3. The summed E-state index contributed by atoms with van der Waals surface area (Å²) in [5.41, 5.74) is 9.34.